The summed E-state index contributed by atoms with van der Waals surface area (Å²) in [6.45, 7) is 2.05. The Hall–Kier alpha value is -4.03. The van der Waals surface area contributed by atoms with Gasteiger partial charge in [0.1, 0.15) is 18.0 Å². The number of β-lactam (4-membered cyclic amide) rings is 1. The molecule has 3 N–H and O–H groups in total. The lowest BCUT2D eigenvalue weighted by Crippen LogP contribution is -2.71. The number of nitrogens with two attached hydrogens (primary N) is 1. The first-order valence-corrected chi connectivity index (χ1v) is 12.0. The number of oxime groups is 1. The van der Waals surface area contributed by atoms with Gasteiger partial charge in [0.25, 0.3) is 11.8 Å². The van der Waals surface area contributed by atoms with Crippen LogP contribution in [0.5, 0.6) is 0 Å². The topological polar surface area (TPSA) is 191 Å². The molecule has 15 heteroatoms. The lowest BCUT2D eigenvalue weighted by Gasteiger charge is -2.50. The first-order valence-electron chi connectivity index (χ1n) is 10.2. The van der Waals surface area contributed by atoms with Gasteiger partial charge in [-0.15, -0.1) is 11.8 Å². The van der Waals surface area contributed by atoms with Crippen molar-refractivity contribution in [3.05, 3.63) is 47.2 Å². The van der Waals surface area contributed by atoms with Crippen molar-refractivity contribution in [3.63, 3.8) is 0 Å². The van der Waals surface area contributed by atoms with Gasteiger partial charge in [-0.05, 0) is 6.92 Å². The fourth-order valence-corrected chi connectivity index (χ4v) is 5.27. The van der Waals surface area contributed by atoms with E-state index in [0.717, 1.165) is 16.4 Å². The molecule has 0 spiro atoms. The predicted molar refractivity (Wildman–Crippen MR) is 121 cm³/mol. The number of hydrogen-bond donors (Lipinski definition) is 2. The molecule has 2 aliphatic heterocycles. The maximum Gasteiger partial charge on any atom is 0.278 e. The number of aromatic nitrogens is 3. The van der Waals surface area contributed by atoms with Crippen LogP contribution in [0, 0.1) is 11.3 Å². The number of nitriles is 1. The van der Waals surface area contributed by atoms with E-state index >= 15 is 0 Å². The second-order valence-electron chi connectivity index (χ2n) is 7.29. The molecule has 4 rings (SSSR count). The molecule has 35 heavy (non-hydrogen) atoms. The highest BCUT2D eigenvalue weighted by Crippen LogP contribution is 2.40. The van der Waals surface area contributed by atoms with E-state index in [4.69, 9.17) is 15.8 Å². The number of hydrogen-bond acceptors (Lipinski definition) is 12. The Morgan fingerprint density at radius 1 is 1.46 bits per heavy atom. The maximum absolute atomic E-state index is 12.9. The minimum Gasteiger partial charge on any atom is -0.543 e. The van der Waals surface area contributed by atoms with Crippen LogP contribution in [0.25, 0.3) is 0 Å². The lowest BCUT2D eigenvalue weighted by atomic mass is 10.0. The van der Waals surface area contributed by atoms with E-state index in [1.165, 1.54) is 11.8 Å². The van der Waals surface area contributed by atoms with E-state index in [2.05, 4.69) is 19.8 Å². The molecular formula is C20H18N8O5S2. The van der Waals surface area contributed by atoms with Crippen LogP contribution in [0.1, 0.15) is 18.3 Å². The number of fused-ring (bicyclic) bond motifs is 1. The van der Waals surface area contributed by atoms with Gasteiger partial charge in [-0.3, -0.25) is 14.5 Å². The van der Waals surface area contributed by atoms with Gasteiger partial charge in [0.2, 0.25) is 11.5 Å². The Balaban J connectivity index is 1.53. The van der Waals surface area contributed by atoms with Crippen LogP contribution in [-0.4, -0.2) is 61.5 Å². The molecule has 1 unspecified atom stereocenters. The van der Waals surface area contributed by atoms with E-state index in [1.54, 1.807) is 36.0 Å². The summed E-state index contributed by atoms with van der Waals surface area (Å²) < 4.78 is 5.66. The molecule has 0 aromatic carbocycles. The minimum atomic E-state index is -1.49. The zero-order chi connectivity index (χ0) is 25.1. The van der Waals surface area contributed by atoms with Crippen molar-refractivity contribution in [2.75, 3.05) is 18.1 Å². The zero-order valence-corrected chi connectivity index (χ0v) is 19.8. The summed E-state index contributed by atoms with van der Waals surface area (Å²) in [5.74, 6) is -2.60. The van der Waals surface area contributed by atoms with Crippen LogP contribution in [0.2, 0.25) is 0 Å². The molecule has 0 saturated carbocycles. The number of thioether (sulfide) groups is 1. The van der Waals surface area contributed by atoms with Crippen LogP contribution in [0.3, 0.4) is 0 Å². The van der Waals surface area contributed by atoms with Crippen LogP contribution in [0.15, 0.2) is 41.0 Å². The van der Waals surface area contributed by atoms with Gasteiger partial charge >= 0.3 is 0 Å². The average Bonchev–Trinajstić information content (AvgIpc) is 3.28. The first-order chi connectivity index (χ1) is 16.8. The largest absolute Gasteiger partial charge is 0.543 e. The Kier molecular flexibility index (Phi) is 6.94. The van der Waals surface area contributed by atoms with Crippen molar-refractivity contribution >= 4 is 51.9 Å². The molecule has 4 heterocycles. The van der Waals surface area contributed by atoms with Gasteiger partial charge in [0.05, 0.1) is 23.3 Å². The standard InChI is InChI=1S/C20H18N8O5S2/c1-2-33-25-12(15-24-20(22)35-26-15)16(29)23-13-17(30)28-14(19(31)32)11(9-34-18(13)28)8-27-5-3-10(7-21)4-6-27/h3-6,13,18H,2,8-9H2,1H3,(H3-,22,23,24,26,29,31,32)/b25-12-/t13?,18-/m1/s1. The molecule has 0 bridgehead atoms. The number of pyridine rings is 1. The second-order valence-corrected chi connectivity index (χ2v) is 9.17. The van der Waals surface area contributed by atoms with Gasteiger partial charge in [-0.2, -0.15) is 14.6 Å². The molecule has 1 saturated heterocycles. The molecule has 0 radical (unpaired) electrons. The van der Waals surface area contributed by atoms with Crippen LogP contribution in [0.4, 0.5) is 5.13 Å². The third kappa shape index (κ3) is 4.79. The third-order valence-electron chi connectivity index (χ3n) is 5.07. The molecular weight excluding hydrogens is 496 g/mol. The number of nitrogen functional groups attached to an aromatic ring is 1. The summed E-state index contributed by atoms with van der Waals surface area (Å²) in [5, 5.41) is 26.7. The van der Waals surface area contributed by atoms with E-state index in [0.29, 0.717) is 16.9 Å². The highest BCUT2D eigenvalue weighted by molar-refractivity contribution is 8.00. The van der Waals surface area contributed by atoms with Gasteiger partial charge in [0.15, 0.2) is 24.1 Å². The maximum atomic E-state index is 12.9. The highest BCUT2D eigenvalue weighted by Gasteiger charge is 2.53. The monoisotopic (exact) mass is 514 g/mol. The van der Waals surface area contributed by atoms with Gasteiger partial charge in [-0.25, -0.2) is 4.57 Å². The van der Waals surface area contributed by atoms with Crippen LogP contribution in [-0.2, 0) is 25.8 Å². The number of amides is 2. The number of carboxylic acids is 1. The predicted octanol–water partition coefficient (Wildman–Crippen LogP) is -1.88. The van der Waals surface area contributed by atoms with Gasteiger partial charge < -0.3 is 25.8 Å². The average molecular weight is 515 g/mol. The molecule has 1 fully saturated rings. The summed E-state index contributed by atoms with van der Waals surface area (Å²) in [5.41, 5.74) is 6.05. The molecule has 13 nitrogen and oxygen atoms in total. The number of carboxylic acid groups (broad SMARTS) is 1. The second kappa shape index (κ2) is 10.1. The number of carbonyl (C=O) groups excluding carboxylic acids is 3. The Labute approximate surface area is 207 Å². The molecule has 2 atom stereocenters. The van der Waals surface area contributed by atoms with E-state index < -0.39 is 29.2 Å². The van der Waals surface area contributed by atoms with Crippen molar-refractivity contribution < 1.29 is 28.9 Å². The molecule has 2 aromatic rings. The summed E-state index contributed by atoms with van der Waals surface area (Å²) >= 11 is 2.18. The van der Waals surface area contributed by atoms with Crippen molar-refractivity contribution in [2.45, 2.75) is 24.9 Å². The fraction of sp³-hybridized carbons (Fsp3) is 0.300. The summed E-state index contributed by atoms with van der Waals surface area (Å²) in [7, 11) is 0. The van der Waals surface area contributed by atoms with E-state index in [-0.39, 0.29) is 35.5 Å². The molecule has 2 amide bonds. The molecule has 0 aliphatic carbocycles. The van der Waals surface area contributed by atoms with Crippen LogP contribution >= 0.6 is 23.3 Å². The first kappa shape index (κ1) is 24.1. The Bertz CT molecular complexity index is 1280. The van der Waals surface area contributed by atoms with Crippen molar-refractivity contribution in [1.29, 1.82) is 5.26 Å². The number of nitrogens with one attached hydrogen (secondary N) is 1. The third-order valence-corrected chi connectivity index (χ3v) is 6.96. The van der Waals surface area contributed by atoms with Crippen molar-refractivity contribution in [2.24, 2.45) is 5.16 Å². The number of rotatable bonds is 8. The van der Waals surface area contributed by atoms with Crippen molar-refractivity contribution in [1.82, 2.24) is 19.6 Å². The summed E-state index contributed by atoms with van der Waals surface area (Å²) in [4.78, 5) is 47.8. The fourth-order valence-electron chi connectivity index (χ4n) is 3.50. The summed E-state index contributed by atoms with van der Waals surface area (Å²) in [6, 6.07) is 4.22. The van der Waals surface area contributed by atoms with Gasteiger partial charge in [-0.1, -0.05) is 5.16 Å². The minimum absolute atomic E-state index is 0.0459. The van der Waals surface area contributed by atoms with E-state index in [9.17, 15) is 19.5 Å². The number of nitrogens with zero attached hydrogens (tertiary/aromatic N) is 6. The highest BCUT2D eigenvalue weighted by atomic mass is 32.2. The Morgan fingerprint density at radius 3 is 2.80 bits per heavy atom. The van der Waals surface area contributed by atoms with E-state index in [1.807, 2.05) is 6.07 Å². The summed E-state index contributed by atoms with van der Waals surface area (Å²) in [6.07, 6.45) is 3.29. The Morgan fingerprint density at radius 2 is 2.20 bits per heavy atom. The molecule has 2 aliphatic rings. The smallest absolute Gasteiger partial charge is 0.278 e. The van der Waals surface area contributed by atoms with Crippen LogP contribution < -0.4 is 20.7 Å². The SMILES string of the molecule is CCO/N=C(\C(=O)NC1C(=O)N2C(C(=O)[O-])=C(C[n+]3ccc(C#N)cc3)CS[C@H]12)c1nsc(N)n1. The number of anilines is 1. The number of aliphatic carboxylic acids is 1. The number of carbonyl (C=O) groups is 3. The quantitative estimate of drug-likeness (QED) is 0.174. The lowest BCUT2D eigenvalue weighted by molar-refractivity contribution is -0.689. The molecule has 180 valence electrons. The normalized spacial score (nSPS) is 19.5. The zero-order valence-electron chi connectivity index (χ0n) is 18.2. The van der Waals surface area contributed by atoms with Gasteiger partial charge in [0, 0.05) is 35.0 Å². The van der Waals surface area contributed by atoms with Crippen molar-refractivity contribution in [3.8, 4) is 6.07 Å². The molecule has 2 aromatic heterocycles.